The second kappa shape index (κ2) is 9.66. The number of aromatic nitrogens is 1. The van der Waals surface area contributed by atoms with E-state index in [1.54, 1.807) is 0 Å². The second-order valence-electron chi connectivity index (χ2n) is 7.36. The molecule has 174 valence electrons. The molecule has 1 N–H and O–H groups in total. The van der Waals surface area contributed by atoms with Crippen LogP contribution in [0.5, 0.6) is 11.6 Å². The molecule has 0 unspecified atom stereocenters. The van der Waals surface area contributed by atoms with Crippen LogP contribution in [-0.2, 0) is 17.1 Å². The van der Waals surface area contributed by atoms with Crippen molar-refractivity contribution in [3.63, 3.8) is 0 Å². The number of nitrogens with zero attached hydrogens (tertiary/aromatic N) is 1. The van der Waals surface area contributed by atoms with Gasteiger partial charge in [-0.1, -0.05) is 6.07 Å². The van der Waals surface area contributed by atoms with Crippen molar-refractivity contribution in [2.45, 2.75) is 50.2 Å². The van der Waals surface area contributed by atoms with Crippen molar-refractivity contribution in [2.24, 2.45) is 0 Å². The summed E-state index contributed by atoms with van der Waals surface area (Å²) in [4.78, 5) is 15.7. The first-order chi connectivity index (χ1) is 15.0. The zero-order chi connectivity index (χ0) is 23.4. The van der Waals surface area contributed by atoms with E-state index in [1.165, 1.54) is 18.2 Å². The Hall–Kier alpha value is -2.98. The number of carbonyl (C=O) groups excluding carboxylic acids is 1. The van der Waals surface area contributed by atoms with Gasteiger partial charge in [0.05, 0.1) is 11.1 Å². The van der Waals surface area contributed by atoms with Crippen LogP contribution < -0.4 is 14.8 Å². The summed E-state index contributed by atoms with van der Waals surface area (Å²) in [7, 11) is 0. The van der Waals surface area contributed by atoms with E-state index in [0.717, 1.165) is 18.2 Å². The Morgan fingerprint density at radius 2 is 1.66 bits per heavy atom. The van der Waals surface area contributed by atoms with Gasteiger partial charge in [0.2, 0.25) is 5.88 Å². The van der Waals surface area contributed by atoms with Crippen molar-refractivity contribution in [3.05, 3.63) is 53.7 Å². The van der Waals surface area contributed by atoms with Crippen LogP contribution >= 0.6 is 0 Å². The van der Waals surface area contributed by atoms with E-state index in [9.17, 15) is 31.1 Å². The van der Waals surface area contributed by atoms with Gasteiger partial charge in [-0.15, -0.1) is 0 Å². The highest BCUT2D eigenvalue weighted by Gasteiger charge is 2.32. The summed E-state index contributed by atoms with van der Waals surface area (Å²) in [6.07, 6.45) is -6.24. The normalized spacial score (nSPS) is 19.3. The molecule has 0 atom stereocenters. The molecule has 1 aliphatic carbocycles. The van der Waals surface area contributed by atoms with Crippen LogP contribution in [0.1, 0.15) is 36.8 Å². The number of ether oxygens (including phenoxy) is 2. The number of pyridine rings is 1. The Morgan fingerprint density at radius 3 is 2.25 bits per heavy atom. The van der Waals surface area contributed by atoms with Crippen molar-refractivity contribution in [3.8, 4) is 11.6 Å². The fraction of sp³-hybridized carbons (Fsp3) is 0.429. The first-order valence-electron chi connectivity index (χ1n) is 9.80. The molecule has 1 amide bonds. The maximum atomic E-state index is 12.7. The molecule has 5 nitrogen and oxygen atoms in total. The Labute approximate surface area is 179 Å². The lowest BCUT2D eigenvalue weighted by atomic mass is 9.93. The highest BCUT2D eigenvalue weighted by Crippen LogP contribution is 2.32. The lowest BCUT2D eigenvalue weighted by Crippen LogP contribution is -2.41. The summed E-state index contributed by atoms with van der Waals surface area (Å²) in [6.45, 7) is -0.423. The molecule has 1 heterocycles. The Kier molecular flexibility index (Phi) is 7.15. The molecule has 1 fully saturated rings. The third-order valence-corrected chi connectivity index (χ3v) is 4.92. The standard InChI is InChI=1S/C21H20F6N2O3/c22-20(23,24)13-2-1-3-17(10-13)31-12-18(30)29-15-5-7-16(8-6-15)32-19-9-4-14(11-28-19)21(25,26)27/h1-4,9-11,15-16H,5-8,12H2,(H,29,30). The molecule has 0 radical (unpaired) electrons. The van der Waals surface area contributed by atoms with Crippen LogP contribution in [-0.4, -0.2) is 29.6 Å². The Morgan fingerprint density at radius 1 is 0.969 bits per heavy atom. The maximum absolute atomic E-state index is 12.7. The lowest BCUT2D eigenvalue weighted by molar-refractivity contribution is -0.138. The molecule has 2 aromatic rings. The van der Waals surface area contributed by atoms with Gasteiger partial charge in [-0.25, -0.2) is 4.98 Å². The number of halogens is 6. The zero-order valence-electron chi connectivity index (χ0n) is 16.7. The first kappa shape index (κ1) is 23.7. The third kappa shape index (κ3) is 6.76. The minimum atomic E-state index is -4.50. The van der Waals surface area contributed by atoms with E-state index in [4.69, 9.17) is 9.47 Å². The smallest absolute Gasteiger partial charge is 0.417 e. The van der Waals surface area contributed by atoms with Crippen molar-refractivity contribution < 1.29 is 40.6 Å². The van der Waals surface area contributed by atoms with Gasteiger partial charge < -0.3 is 14.8 Å². The van der Waals surface area contributed by atoms with Gasteiger partial charge in [-0.2, -0.15) is 26.3 Å². The SMILES string of the molecule is O=C(COc1cccc(C(F)(F)F)c1)NC1CCC(Oc2ccc(C(F)(F)F)cn2)CC1. The molecule has 32 heavy (non-hydrogen) atoms. The number of hydrogen-bond acceptors (Lipinski definition) is 4. The van der Waals surface area contributed by atoms with Gasteiger partial charge in [0.25, 0.3) is 5.91 Å². The van der Waals surface area contributed by atoms with Crippen LogP contribution in [0.3, 0.4) is 0 Å². The van der Waals surface area contributed by atoms with Gasteiger partial charge in [0, 0.05) is 18.3 Å². The Bertz CT molecular complexity index is 907. The molecular formula is C21H20F6N2O3. The fourth-order valence-corrected chi connectivity index (χ4v) is 3.29. The van der Waals surface area contributed by atoms with Gasteiger partial charge in [0.1, 0.15) is 11.9 Å². The first-order valence-corrected chi connectivity index (χ1v) is 9.80. The number of alkyl halides is 6. The van der Waals surface area contributed by atoms with E-state index in [2.05, 4.69) is 10.3 Å². The lowest BCUT2D eigenvalue weighted by Gasteiger charge is -2.29. The molecule has 1 aromatic heterocycles. The van der Waals surface area contributed by atoms with Gasteiger partial charge >= 0.3 is 12.4 Å². The number of rotatable bonds is 6. The molecule has 1 aromatic carbocycles. The number of hydrogen-bond donors (Lipinski definition) is 1. The van der Waals surface area contributed by atoms with Crippen LogP contribution in [0.2, 0.25) is 0 Å². The molecule has 0 bridgehead atoms. The predicted octanol–water partition coefficient (Wildman–Crippen LogP) is 5.00. The predicted molar refractivity (Wildman–Crippen MR) is 101 cm³/mol. The quantitative estimate of drug-likeness (QED) is 0.614. The highest BCUT2D eigenvalue weighted by molar-refractivity contribution is 5.77. The number of carbonyl (C=O) groups is 1. The molecule has 11 heteroatoms. The van der Waals surface area contributed by atoms with E-state index in [1.807, 2.05) is 0 Å². The molecule has 0 aliphatic heterocycles. The van der Waals surface area contributed by atoms with Crippen molar-refractivity contribution in [2.75, 3.05) is 6.61 Å². The van der Waals surface area contributed by atoms with E-state index >= 15 is 0 Å². The second-order valence-corrected chi connectivity index (χ2v) is 7.36. The van der Waals surface area contributed by atoms with Gasteiger partial charge in [-0.3, -0.25) is 4.79 Å². The molecule has 1 aliphatic rings. The topological polar surface area (TPSA) is 60.5 Å². The van der Waals surface area contributed by atoms with Crippen molar-refractivity contribution in [1.82, 2.24) is 10.3 Å². The number of benzene rings is 1. The molecule has 0 spiro atoms. The number of amides is 1. The minimum Gasteiger partial charge on any atom is -0.484 e. The fourth-order valence-electron chi connectivity index (χ4n) is 3.29. The Balaban J connectivity index is 1.40. The molecule has 3 rings (SSSR count). The maximum Gasteiger partial charge on any atom is 0.417 e. The highest BCUT2D eigenvalue weighted by atomic mass is 19.4. The summed E-state index contributed by atoms with van der Waals surface area (Å²) >= 11 is 0. The van der Waals surface area contributed by atoms with Crippen molar-refractivity contribution in [1.29, 1.82) is 0 Å². The summed E-state index contributed by atoms with van der Waals surface area (Å²) in [6, 6.07) is 6.18. The van der Waals surface area contributed by atoms with Gasteiger partial charge in [0.15, 0.2) is 6.61 Å². The summed E-state index contributed by atoms with van der Waals surface area (Å²) in [5.41, 5.74) is -1.72. The van der Waals surface area contributed by atoms with E-state index in [0.29, 0.717) is 31.9 Å². The average molecular weight is 462 g/mol. The van der Waals surface area contributed by atoms with Crippen LogP contribution in [0.4, 0.5) is 26.3 Å². The minimum absolute atomic E-state index is 0.0591. The monoisotopic (exact) mass is 462 g/mol. The van der Waals surface area contributed by atoms with Crippen molar-refractivity contribution >= 4 is 5.91 Å². The summed E-state index contributed by atoms with van der Waals surface area (Å²) in [5.74, 6) is -0.424. The van der Waals surface area contributed by atoms with E-state index in [-0.39, 0.29) is 23.8 Å². The number of nitrogens with one attached hydrogen (secondary N) is 1. The van der Waals surface area contributed by atoms with E-state index < -0.39 is 36.0 Å². The summed E-state index contributed by atoms with van der Waals surface area (Å²) in [5, 5.41) is 2.76. The largest absolute Gasteiger partial charge is 0.484 e. The summed E-state index contributed by atoms with van der Waals surface area (Å²) < 4.78 is 86.6. The molecule has 0 saturated heterocycles. The van der Waals surface area contributed by atoms with Gasteiger partial charge in [-0.05, 0) is 49.9 Å². The third-order valence-electron chi connectivity index (χ3n) is 4.92. The average Bonchev–Trinajstić information content (AvgIpc) is 2.73. The molecule has 1 saturated carbocycles. The van der Waals surface area contributed by atoms with Crippen LogP contribution in [0, 0.1) is 0 Å². The molecular weight excluding hydrogens is 442 g/mol. The van der Waals surface area contributed by atoms with Crippen LogP contribution in [0.15, 0.2) is 42.6 Å². The van der Waals surface area contributed by atoms with Crippen LogP contribution in [0.25, 0.3) is 0 Å². The zero-order valence-corrected chi connectivity index (χ0v) is 16.7.